The largest absolute Gasteiger partial charge is 0.326 e. The van der Waals surface area contributed by atoms with E-state index in [1.807, 2.05) is 18.2 Å². The van der Waals surface area contributed by atoms with E-state index in [0.717, 1.165) is 0 Å². The van der Waals surface area contributed by atoms with Crippen LogP contribution in [-0.2, 0) is 21.9 Å². The third kappa shape index (κ3) is 3.86. The fraction of sp³-hybridized carbons (Fsp3) is 0.375. The highest BCUT2D eigenvalue weighted by Gasteiger charge is 2.34. The lowest BCUT2D eigenvalue weighted by molar-refractivity contribution is -0.120. The number of nitrogens with zero attached hydrogens (tertiary/aromatic N) is 3. The van der Waals surface area contributed by atoms with E-state index in [2.05, 4.69) is 10.3 Å². The molecule has 0 spiro atoms. The Bertz CT molecular complexity index is 847. The lowest BCUT2D eigenvalue weighted by atomic mass is 9.99. The molecule has 1 saturated heterocycles. The van der Waals surface area contributed by atoms with Crippen LogP contribution in [0.1, 0.15) is 12.8 Å². The summed E-state index contributed by atoms with van der Waals surface area (Å²) < 4.78 is 28.2. The molecule has 3 rings (SSSR count). The van der Waals surface area contributed by atoms with Crippen molar-refractivity contribution in [2.45, 2.75) is 17.9 Å². The van der Waals surface area contributed by atoms with Crippen molar-refractivity contribution in [3.8, 4) is 0 Å². The number of hydrogen-bond acceptors (Lipinski definition) is 4. The van der Waals surface area contributed by atoms with Crippen molar-refractivity contribution in [3.63, 3.8) is 0 Å². The SMILES string of the molecule is Cn1cc(S(=O)(=O)N2CCC[C@@H](C(=O)Nc3ccccc3)C2)nc1Cl. The third-order valence-electron chi connectivity index (χ3n) is 4.20. The molecule has 0 bridgehead atoms. The van der Waals surface area contributed by atoms with Crippen LogP contribution in [-0.4, -0.2) is 41.3 Å². The lowest BCUT2D eigenvalue weighted by Gasteiger charge is -2.30. The second-order valence-corrected chi connectivity index (χ2v) is 8.24. The van der Waals surface area contributed by atoms with Gasteiger partial charge < -0.3 is 9.88 Å². The fourth-order valence-corrected chi connectivity index (χ4v) is 4.51. The number of carbonyl (C=O) groups excluding carboxylic acids is 1. The van der Waals surface area contributed by atoms with Crippen molar-refractivity contribution in [1.82, 2.24) is 13.9 Å². The number of carbonyl (C=O) groups is 1. The number of imidazole rings is 1. The molecule has 2 heterocycles. The van der Waals surface area contributed by atoms with Gasteiger partial charge in [-0.15, -0.1) is 0 Å². The molecular formula is C16H19ClN4O3S. The summed E-state index contributed by atoms with van der Waals surface area (Å²) >= 11 is 5.85. The van der Waals surface area contributed by atoms with Gasteiger partial charge in [0.2, 0.25) is 11.2 Å². The third-order valence-corrected chi connectivity index (χ3v) is 6.29. The monoisotopic (exact) mass is 382 g/mol. The summed E-state index contributed by atoms with van der Waals surface area (Å²) in [4.78, 5) is 16.4. The van der Waals surface area contributed by atoms with Gasteiger partial charge in [-0.25, -0.2) is 13.4 Å². The molecule has 25 heavy (non-hydrogen) atoms. The van der Waals surface area contributed by atoms with E-state index in [1.54, 1.807) is 19.2 Å². The van der Waals surface area contributed by atoms with Crippen LogP contribution < -0.4 is 5.32 Å². The fourth-order valence-electron chi connectivity index (χ4n) is 2.81. The van der Waals surface area contributed by atoms with Crippen LogP contribution in [0.25, 0.3) is 0 Å². The second-order valence-electron chi connectivity index (χ2n) is 6.02. The summed E-state index contributed by atoms with van der Waals surface area (Å²) in [7, 11) is -2.14. The number of anilines is 1. The predicted octanol–water partition coefficient (Wildman–Crippen LogP) is 2.11. The molecule has 1 N–H and O–H groups in total. The van der Waals surface area contributed by atoms with Gasteiger partial charge in [-0.2, -0.15) is 4.31 Å². The average Bonchev–Trinajstić information content (AvgIpc) is 2.96. The van der Waals surface area contributed by atoms with Gasteiger partial charge in [0.1, 0.15) is 0 Å². The first-order valence-corrected chi connectivity index (χ1v) is 9.74. The van der Waals surface area contributed by atoms with Gasteiger partial charge in [-0.05, 0) is 36.6 Å². The number of sulfonamides is 1. The van der Waals surface area contributed by atoms with Gasteiger partial charge in [0.15, 0.2) is 5.03 Å². The number of aromatic nitrogens is 2. The molecule has 0 unspecified atom stereocenters. The zero-order valence-corrected chi connectivity index (χ0v) is 15.3. The van der Waals surface area contributed by atoms with Crippen LogP contribution in [0.3, 0.4) is 0 Å². The van der Waals surface area contributed by atoms with E-state index in [0.29, 0.717) is 25.1 Å². The van der Waals surface area contributed by atoms with E-state index in [-0.39, 0.29) is 22.8 Å². The molecule has 1 aromatic carbocycles. The molecule has 1 fully saturated rings. The highest BCUT2D eigenvalue weighted by Crippen LogP contribution is 2.25. The first kappa shape index (κ1) is 17.9. The van der Waals surface area contributed by atoms with Gasteiger partial charge >= 0.3 is 0 Å². The number of para-hydroxylation sites is 1. The van der Waals surface area contributed by atoms with Crippen LogP contribution in [0.4, 0.5) is 5.69 Å². The number of nitrogens with one attached hydrogen (secondary N) is 1. The van der Waals surface area contributed by atoms with Crippen LogP contribution in [0.15, 0.2) is 41.6 Å². The average molecular weight is 383 g/mol. The van der Waals surface area contributed by atoms with Gasteiger partial charge in [-0.3, -0.25) is 4.79 Å². The van der Waals surface area contributed by atoms with E-state index in [1.165, 1.54) is 15.1 Å². The summed E-state index contributed by atoms with van der Waals surface area (Å²) in [5.74, 6) is -0.576. The Balaban J connectivity index is 1.73. The minimum Gasteiger partial charge on any atom is -0.326 e. The number of hydrogen-bond donors (Lipinski definition) is 1. The first-order chi connectivity index (χ1) is 11.9. The van der Waals surface area contributed by atoms with E-state index in [4.69, 9.17) is 11.6 Å². The topological polar surface area (TPSA) is 84.3 Å². The second kappa shape index (κ2) is 7.15. The first-order valence-electron chi connectivity index (χ1n) is 7.93. The Hall–Kier alpha value is -1.90. The smallest absolute Gasteiger partial charge is 0.262 e. The quantitative estimate of drug-likeness (QED) is 0.877. The van der Waals surface area contributed by atoms with E-state index >= 15 is 0 Å². The van der Waals surface area contributed by atoms with Crippen LogP contribution in [0, 0.1) is 5.92 Å². The Kier molecular flexibility index (Phi) is 5.12. The van der Waals surface area contributed by atoms with Crippen molar-refractivity contribution in [2.24, 2.45) is 13.0 Å². The molecule has 134 valence electrons. The maximum Gasteiger partial charge on any atom is 0.262 e. The highest BCUT2D eigenvalue weighted by atomic mass is 35.5. The number of aryl methyl sites for hydroxylation is 1. The predicted molar refractivity (Wildman–Crippen MR) is 94.8 cm³/mol. The van der Waals surface area contributed by atoms with Gasteiger partial charge in [-0.1, -0.05) is 18.2 Å². The minimum atomic E-state index is -3.77. The Morgan fingerprint density at radius 3 is 2.68 bits per heavy atom. The lowest BCUT2D eigenvalue weighted by Crippen LogP contribution is -2.43. The zero-order valence-electron chi connectivity index (χ0n) is 13.7. The minimum absolute atomic E-state index is 0.0934. The molecule has 1 aliphatic rings. The number of piperidine rings is 1. The van der Waals surface area contributed by atoms with Crippen LogP contribution in [0.5, 0.6) is 0 Å². The molecule has 1 amide bonds. The Morgan fingerprint density at radius 2 is 2.04 bits per heavy atom. The number of amides is 1. The van der Waals surface area contributed by atoms with Crippen LogP contribution >= 0.6 is 11.6 Å². The van der Waals surface area contributed by atoms with Crippen molar-refractivity contribution in [1.29, 1.82) is 0 Å². The molecule has 0 aliphatic carbocycles. The summed E-state index contributed by atoms with van der Waals surface area (Å²) in [5.41, 5.74) is 0.698. The summed E-state index contributed by atoms with van der Waals surface area (Å²) in [6.45, 7) is 0.501. The molecule has 1 aromatic heterocycles. The van der Waals surface area contributed by atoms with Gasteiger partial charge in [0.05, 0.1) is 5.92 Å². The molecule has 2 aromatic rings. The van der Waals surface area contributed by atoms with Gasteiger partial charge in [0.25, 0.3) is 10.0 Å². The van der Waals surface area contributed by atoms with E-state index < -0.39 is 15.9 Å². The number of halogens is 1. The van der Waals surface area contributed by atoms with Crippen molar-refractivity contribution in [3.05, 3.63) is 41.8 Å². The van der Waals surface area contributed by atoms with E-state index in [9.17, 15) is 13.2 Å². The molecule has 9 heteroatoms. The number of rotatable bonds is 4. The van der Waals surface area contributed by atoms with Crippen molar-refractivity contribution < 1.29 is 13.2 Å². The molecular weight excluding hydrogens is 364 g/mol. The molecule has 1 atom stereocenters. The Morgan fingerprint density at radius 1 is 1.32 bits per heavy atom. The summed E-state index contributed by atoms with van der Waals surface area (Å²) in [6, 6.07) is 9.12. The molecule has 7 nitrogen and oxygen atoms in total. The zero-order chi connectivity index (χ0) is 18.0. The standard InChI is InChI=1S/C16H19ClN4O3S/c1-20-11-14(19-16(20)17)25(23,24)21-9-5-6-12(10-21)15(22)18-13-7-3-2-4-8-13/h2-4,7-8,11-12H,5-6,9-10H2,1H3,(H,18,22)/t12-/m1/s1. The maximum absolute atomic E-state index is 12.7. The molecule has 1 aliphatic heterocycles. The Labute approximate surface area is 151 Å². The van der Waals surface area contributed by atoms with Gasteiger partial charge in [0, 0.05) is 32.0 Å². The maximum atomic E-state index is 12.7. The molecule has 0 radical (unpaired) electrons. The number of benzene rings is 1. The van der Waals surface area contributed by atoms with Crippen molar-refractivity contribution in [2.75, 3.05) is 18.4 Å². The summed E-state index contributed by atoms with van der Waals surface area (Å²) in [5, 5.41) is 2.85. The highest BCUT2D eigenvalue weighted by molar-refractivity contribution is 7.89. The normalized spacial score (nSPS) is 18.9. The summed E-state index contributed by atoms with van der Waals surface area (Å²) in [6.07, 6.45) is 2.64. The van der Waals surface area contributed by atoms with Crippen molar-refractivity contribution >= 4 is 33.2 Å². The van der Waals surface area contributed by atoms with Crippen LogP contribution in [0.2, 0.25) is 5.28 Å². The molecule has 0 saturated carbocycles.